The van der Waals surface area contributed by atoms with Crippen LogP contribution in [0.3, 0.4) is 0 Å². The van der Waals surface area contributed by atoms with E-state index < -0.39 is 12.1 Å². The van der Waals surface area contributed by atoms with Crippen molar-refractivity contribution in [1.29, 1.82) is 0 Å². The van der Waals surface area contributed by atoms with Crippen molar-refractivity contribution in [3.63, 3.8) is 0 Å². The molecular formula is C44H54N8O5. The monoisotopic (exact) mass is 774 g/mol. The summed E-state index contributed by atoms with van der Waals surface area (Å²) >= 11 is 0. The van der Waals surface area contributed by atoms with Crippen LogP contribution in [0.15, 0.2) is 48.8 Å². The molecule has 3 unspecified atom stereocenters. The lowest BCUT2D eigenvalue weighted by molar-refractivity contribution is -0.138. The van der Waals surface area contributed by atoms with Crippen LogP contribution in [0.5, 0.6) is 0 Å². The van der Waals surface area contributed by atoms with Crippen LogP contribution >= 0.6 is 0 Å². The maximum atomic E-state index is 13.7. The lowest BCUT2D eigenvalue weighted by Gasteiger charge is -2.46. The lowest BCUT2D eigenvalue weighted by atomic mass is 9.70. The van der Waals surface area contributed by atoms with Crippen LogP contribution in [0.1, 0.15) is 119 Å². The topological polar surface area (TPSA) is 157 Å². The van der Waals surface area contributed by atoms with Crippen molar-refractivity contribution in [3.05, 3.63) is 71.6 Å². The number of amides is 4. The van der Waals surface area contributed by atoms with Gasteiger partial charge in [0.2, 0.25) is 17.7 Å². The molecule has 57 heavy (non-hydrogen) atoms. The van der Waals surface area contributed by atoms with Gasteiger partial charge in [-0.3, -0.25) is 14.4 Å². The van der Waals surface area contributed by atoms with E-state index in [0.717, 1.165) is 95.9 Å². The van der Waals surface area contributed by atoms with Gasteiger partial charge in [0.05, 0.1) is 54.9 Å². The van der Waals surface area contributed by atoms with Gasteiger partial charge in [0.25, 0.3) is 0 Å². The van der Waals surface area contributed by atoms with Crippen molar-refractivity contribution >= 4 is 23.8 Å². The smallest absolute Gasteiger partial charge is 0.407 e. The molecule has 2 bridgehead atoms. The third-order valence-corrected chi connectivity index (χ3v) is 12.5. The fourth-order valence-electron chi connectivity index (χ4n) is 9.64. The van der Waals surface area contributed by atoms with E-state index in [1.807, 2.05) is 48.0 Å². The molecule has 13 nitrogen and oxygen atoms in total. The Morgan fingerprint density at radius 3 is 2.07 bits per heavy atom. The third-order valence-electron chi connectivity index (χ3n) is 12.5. The molecule has 13 heteroatoms. The summed E-state index contributed by atoms with van der Waals surface area (Å²) in [5, 5.41) is 2.71. The number of likely N-dealkylation sites (N-methyl/N-ethyl adjacent to an activating group) is 1. The Morgan fingerprint density at radius 1 is 0.789 bits per heavy atom. The summed E-state index contributed by atoms with van der Waals surface area (Å²) in [5.41, 5.74) is 8.16. The summed E-state index contributed by atoms with van der Waals surface area (Å²) in [5.74, 6) is 1.68. The number of methoxy groups -OCH3 is 1. The molecule has 5 atom stereocenters. The summed E-state index contributed by atoms with van der Waals surface area (Å²) in [7, 11) is 3.22. The number of carbonyl (C=O) groups excluding carboxylic acids is 4. The lowest BCUT2D eigenvalue weighted by Crippen LogP contribution is -2.51. The van der Waals surface area contributed by atoms with Crippen LogP contribution in [-0.2, 0) is 19.1 Å². The first-order valence-corrected chi connectivity index (χ1v) is 20.5. The number of fused-ring (bicyclic) bond motifs is 2. The molecule has 3 N–H and O–H groups in total. The van der Waals surface area contributed by atoms with Gasteiger partial charge in [0.15, 0.2) is 0 Å². The molecule has 5 aliphatic rings. The molecule has 2 aromatic carbocycles. The number of rotatable bonds is 10. The average molecular weight is 775 g/mol. The van der Waals surface area contributed by atoms with Gasteiger partial charge in [0.1, 0.15) is 17.7 Å². The minimum absolute atomic E-state index is 0.0288. The van der Waals surface area contributed by atoms with E-state index >= 15 is 0 Å². The zero-order chi connectivity index (χ0) is 40.1. The Hall–Kier alpha value is -5.46. The highest BCUT2D eigenvalue weighted by molar-refractivity contribution is 5.93. The molecular weight excluding hydrogens is 721 g/mol. The molecule has 4 aliphatic heterocycles. The second kappa shape index (κ2) is 15.5. The number of imidazole rings is 2. The standard InChI is InChI=1S/C44H54N8O5/c1-24(2)21-36(53)51-19-7-9-34(51)40-46-23-32(48-40)29-16-15-28(38-33-18-17-30(37(29)38)42(54)50(33)5)26-11-13-27(14-12-26)31-22-45-41(47-31)35-10-8-20-52(35)43(55)39(25(3)4)49-44(56)57-6/h11-16,22-25,30,33-35,39H,7-10,17-21H2,1-6H3,(H,45,47)(H,46,48)(H,49,56)/t30?,33?,34-,35+,39?/m1/s1. The van der Waals surface area contributed by atoms with E-state index in [2.05, 4.69) is 65.5 Å². The Balaban J connectivity index is 1.06. The highest BCUT2D eigenvalue weighted by Gasteiger charge is 2.45. The number of nitrogens with zero attached hydrogens (tertiary/aromatic N) is 5. The van der Waals surface area contributed by atoms with Crippen molar-refractivity contribution in [1.82, 2.24) is 40.0 Å². The fourth-order valence-corrected chi connectivity index (χ4v) is 9.64. The number of benzene rings is 2. The molecule has 4 aromatic rings. The van der Waals surface area contributed by atoms with E-state index in [9.17, 15) is 19.2 Å². The van der Waals surface area contributed by atoms with Crippen molar-refractivity contribution in [2.75, 3.05) is 27.2 Å². The quantitative estimate of drug-likeness (QED) is 0.153. The summed E-state index contributed by atoms with van der Waals surface area (Å²) in [6.07, 6.45) is 8.77. The van der Waals surface area contributed by atoms with Crippen molar-refractivity contribution in [2.45, 2.75) is 103 Å². The molecule has 300 valence electrons. The SMILES string of the molecule is COC(=O)NC(C(=O)N1CCC[C@H]1c1ncc(-c2ccc(-c3ccc(-c4cnc([C@H]5CCCN5C(=O)CC(C)C)[nH]4)c4c3C3CCC4C(=O)N3C)cc2)[nH]1)C(C)C. The maximum Gasteiger partial charge on any atom is 0.407 e. The first-order chi connectivity index (χ1) is 27.4. The molecule has 9 rings (SSSR count). The van der Waals surface area contributed by atoms with Crippen LogP contribution < -0.4 is 5.32 Å². The highest BCUT2D eigenvalue weighted by atomic mass is 16.5. The van der Waals surface area contributed by atoms with E-state index in [0.29, 0.717) is 18.9 Å². The molecule has 6 heterocycles. The van der Waals surface area contributed by atoms with Gasteiger partial charge in [-0.2, -0.15) is 0 Å². The Morgan fingerprint density at radius 2 is 1.40 bits per heavy atom. The maximum absolute atomic E-state index is 13.7. The van der Waals surface area contributed by atoms with Gasteiger partial charge in [-0.1, -0.05) is 64.1 Å². The first kappa shape index (κ1) is 38.4. The van der Waals surface area contributed by atoms with Gasteiger partial charge in [-0.15, -0.1) is 0 Å². The molecule has 0 spiro atoms. The molecule has 3 fully saturated rings. The van der Waals surface area contributed by atoms with Crippen LogP contribution in [0.4, 0.5) is 4.79 Å². The summed E-state index contributed by atoms with van der Waals surface area (Å²) in [4.78, 5) is 74.8. The Labute approximate surface area is 334 Å². The molecule has 4 amide bonds. The van der Waals surface area contributed by atoms with Crippen LogP contribution in [0.25, 0.3) is 33.6 Å². The molecule has 0 saturated carbocycles. The zero-order valence-electron chi connectivity index (χ0n) is 33.8. The van der Waals surface area contributed by atoms with E-state index in [1.165, 1.54) is 12.7 Å². The number of aromatic amines is 2. The minimum atomic E-state index is -0.695. The van der Waals surface area contributed by atoms with Crippen molar-refractivity contribution in [2.24, 2.45) is 11.8 Å². The Kier molecular flexibility index (Phi) is 10.4. The number of piperidine rings is 1. The average Bonchev–Trinajstić information content (AvgIpc) is 4.04. The fraction of sp³-hybridized carbons (Fsp3) is 0.500. The second-order valence-corrected chi connectivity index (χ2v) is 16.9. The van der Waals surface area contributed by atoms with Gasteiger partial charge in [-0.05, 0) is 78.2 Å². The minimum Gasteiger partial charge on any atom is -0.453 e. The summed E-state index contributed by atoms with van der Waals surface area (Å²) < 4.78 is 4.78. The number of ether oxygens (including phenoxy) is 1. The number of hydrogen-bond acceptors (Lipinski definition) is 7. The third kappa shape index (κ3) is 6.99. The predicted octanol–water partition coefficient (Wildman–Crippen LogP) is 7.28. The summed E-state index contributed by atoms with van der Waals surface area (Å²) in [6.45, 7) is 9.30. The largest absolute Gasteiger partial charge is 0.453 e. The first-order valence-electron chi connectivity index (χ1n) is 20.5. The highest BCUT2D eigenvalue weighted by Crippen LogP contribution is 2.53. The number of carbonyl (C=O) groups is 4. The number of aromatic nitrogens is 4. The van der Waals surface area contributed by atoms with Crippen molar-refractivity contribution in [3.8, 4) is 33.6 Å². The van der Waals surface area contributed by atoms with E-state index in [1.54, 1.807) is 0 Å². The zero-order valence-corrected chi connectivity index (χ0v) is 33.8. The predicted molar refractivity (Wildman–Crippen MR) is 216 cm³/mol. The van der Waals surface area contributed by atoms with Crippen LogP contribution in [-0.4, -0.2) is 91.7 Å². The number of nitrogens with one attached hydrogen (secondary N) is 3. The molecule has 3 saturated heterocycles. The number of hydrogen-bond donors (Lipinski definition) is 3. The number of alkyl carbamates (subject to hydrolysis) is 1. The van der Waals surface area contributed by atoms with Gasteiger partial charge >= 0.3 is 6.09 Å². The molecule has 2 aromatic heterocycles. The van der Waals surface area contributed by atoms with Crippen molar-refractivity contribution < 1.29 is 23.9 Å². The molecule has 1 aliphatic carbocycles. The second-order valence-electron chi connectivity index (χ2n) is 16.9. The normalized spacial score (nSPS) is 22.1. The van der Waals surface area contributed by atoms with Crippen LogP contribution in [0, 0.1) is 11.8 Å². The molecule has 0 radical (unpaired) electrons. The Bertz CT molecular complexity index is 2170. The van der Waals surface area contributed by atoms with E-state index in [-0.39, 0.29) is 47.7 Å². The van der Waals surface area contributed by atoms with E-state index in [4.69, 9.17) is 14.7 Å². The van der Waals surface area contributed by atoms with Gasteiger partial charge in [0, 0.05) is 32.1 Å². The number of H-pyrrole nitrogens is 2. The number of likely N-dealkylation sites (tertiary alicyclic amines) is 2. The van der Waals surface area contributed by atoms with Gasteiger partial charge in [-0.25, -0.2) is 14.8 Å². The summed E-state index contributed by atoms with van der Waals surface area (Å²) in [6, 6.07) is 11.7. The van der Waals surface area contributed by atoms with Gasteiger partial charge < -0.3 is 34.7 Å². The van der Waals surface area contributed by atoms with Crippen LogP contribution in [0.2, 0.25) is 0 Å².